The number of carbonyl (C=O) groups excluding carboxylic acids is 1. The lowest BCUT2D eigenvalue weighted by molar-refractivity contribution is -0.116. The maximum atomic E-state index is 12.2. The molecular formula is C16H34O4S2. The smallest absolute Gasteiger partial charge is 0.276 e. The molecule has 0 aromatic rings. The van der Waals surface area contributed by atoms with Crippen molar-refractivity contribution in [1.82, 2.24) is 0 Å². The number of rotatable bonds is 11. The monoisotopic (exact) mass is 354 g/mol. The second kappa shape index (κ2) is 9.28. The van der Waals surface area contributed by atoms with Crippen LogP contribution in [0.5, 0.6) is 0 Å². The van der Waals surface area contributed by atoms with E-state index < -0.39 is 20.4 Å². The zero-order chi connectivity index (χ0) is 17.4. The maximum absolute atomic E-state index is 12.2. The van der Waals surface area contributed by atoms with E-state index in [9.17, 15) is 13.2 Å². The molecule has 0 amide bonds. The summed E-state index contributed by atoms with van der Waals surface area (Å²) in [6.07, 6.45) is 6.71. The third-order valence-corrected chi connectivity index (χ3v) is 10.1. The van der Waals surface area contributed by atoms with Gasteiger partial charge in [0.2, 0.25) is 0 Å². The molecule has 0 aliphatic carbocycles. The molecule has 22 heavy (non-hydrogen) atoms. The molecule has 0 N–H and O–H groups in total. The molecule has 0 aliphatic heterocycles. The van der Waals surface area contributed by atoms with Crippen molar-refractivity contribution in [2.45, 2.75) is 77.9 Å². The summed E-state index contributed by atoms with van der Waals surface area (Å²) < 4.78 is 29.6. The highest BCUT2D eigenvalue weighted by molar-refractivity contribution is 8.33. The van der Waals surface area contributed by atoms with Gasteiger partial charge >= 0.3 is 0 Å². The largest absolute Gasteiger partial charge is 0.299 e. The lowest BCUT2D eigenvalue weighted by Gasteiger charge is -2.45. The molecule has 0 radical (unpaired) electrons. The SMILES string of the molecule is CCCCCC(=O)CS(C)(OS(=O)(=O)CCCC)C(C)(C)C. The number of hydrogen-bond acceptors (Lipinski definition) is 4. The van der Waals surface area contributed by atoms with E-state index in [0.29, 0.717) is 12.8 Å². The van der Waals surface area contributed by atoms with Gasteiger partial charge in [0, 0.05) is 11.2 Å². The van der Waals surface area contributed by atoms with Gasteiger partial charge in [0.15, 0.2) is 0 Å². The molecule has 0 rings (SSSR count). The summed E-state index contributed by atoms with van der Waals surface area (Å²) in [5, 5.41) is 0. The van der Waals surface area contributed by atoms with Gasteiger partial charge in [-0.25, -0.2) is 3.63 Å². The number of unbranched alkanes of at least 4 members (excludes halogenated alkanes) is 3. The lowest BCUT2D eigenvalue weighted by atomic mass is 10.2. The van der Waals surface area contributed by atoms with Gasteiger partial charge in [-0.3, -0.25) is 4.79 Å². The Balaban J connectivity index is 4.99. The zero-order valence-electron chi connectivity index (χ0n) is 15.1. The van der Waals surface area contributed by atoms with E-state index in [2.05, 4.69) is 6.92 Å². The Kier molecular flexibility index (Phi) is 9.25. The van der Waals surface area contributed by atoms with Gasteiger partial charge in [-0.2, -0.15) is 8.42 Å². The predicted molar refractivity (Wildman–Crippen MR) is 97.1 cm³/mol. The first-order valence-electron chi connectivity index (χ1n) is 8.18. The second-order valence-corrected chi connectivity index (χ2v) is 12.5. The molecule has 0 fully saturated rings. The van der Waals surface area contributed by atoms with Crippen LogP contribution in [-0.4, -0.2) is 36.7 Å². The van der Waals surface area contributed by atoms with E-state index in [1.165, 1.54) is 0 Å². The van der Waals surface area contributed by atoms with Gasteiger partial charge < -0.3 is 0 Å². The molecule has 0 aromatic carbocycles. The van der Waals surface area contributed by atoms with Crippen LogP contribution in [0.25, 0.3) is 0 Å². The van der Waals surface area contributed by atoms with Crippen LogP contribution in [0.3, 0.4) is 0 Å². The van der Waals surface area contributed by atoms with Crippen LogP contribution < -0.4 is 0 Å². The van der Waals surface area contributed by atoms with E-state index in [1.54, 1.807) is 0 Å². The third kappa shape index (κ3) is 7.97. The van der Waals surface area contributed by atoms with Crippen LogP contribution in [0.2, 0.25) is 0 Å². The van der Waals surface area contributed by atoms with Crippen molar-refractivity contribution >= 4 is 26.2 Å². The molecule has 0 saturated carbocycles. The summed E-state index contributed by atoms with van der Waals surface area (Å²) in [7, 11) is -5.59. The van der Waals surface area contributed by atoms with E-state index in [0.717, 1.165) is 25.7 Å². The van der Waals surface area contributed by atoms with Crippen molar-refractivity contribution in [2.75, 3.05) is 17.8 Å². The van der Waals surface area contributed by atoms with E-state index in [4.69, 9.17) is 3.63 Å². The first-order chi connectivity index (χ1) is 9.97. The molecule has 0 heterocycles. The number of carbonyl (C=O) groups is 1. The minimum Gasteiger partial charge on any atom is -0.299 e. The Labute approximate surface area is 139 Å². The second-order valence-electron chi connectivity index (χ2n) is 6.94. The van der Waals surface area contributed by atoms with E-state index >= 15 is 0 Å². The maximum Gasteiger partial charge on any atom is 0.276 e. The highest BCUT2D eigenvalue weighted by Gasteiger charge is 2.39. The third-order valence-electron chi connectivity index (χ3n) is 3.79. The summed E-state index contributed by atoms with van der Waals surface area (Å²) in [6.45, 7) is 9.91. The fourth-order valence-corrected chi connectivity index (χ4v) is 6.82. The summed E-state index contributed by atoms with van der Waals surface area (Å²) in [5.41, 5.74) is 0. The molecule has 1 atom stereocenters. The number of Topliss-reactive ketones (excluding diaryl/α,β-unsaturated/α-hetero) is 1. The summed E-state index contributed by atoms with van der Waals surface area (Å²) in [4.78, 5) is 12.2. The van der Waals surface area contributed by atoms with Crippen molar-refractivity contribution in [2.24, 2.45) is 0 Å². The van der Waals surface area contributed by atoms with Crippen LogP contribution in [0.1, 0.15) is 73.1 Å². The Bertz CT molecular complexity index is 438. The summed E-state index contributed by atoms with van der Waals surface area (Å²) in [5.74, 6) is 0.379. The predicted octanol–water partition coefficient (Wildman–Crippen LogP) is 4.43. The minimum absolute atomic E-state index is 0.0339. The summed E-state index contributed by atoms with van der Waals surface area (Å²) >= 11 is 0. The molecular weight excluding hydrogens is 320 g/mol. The van der Waals surface area contributed by atoms with Crippen LogP contribution in [0.4, 0.5) is 0 Å². The molecule has 1 unspecified atom stereocenters. The fraction of sp³-hybridized carbons (Fsp3) is 0.938. The normalized spacial score (nSPS) is 17.0. The van der Waals surface area contributed by atoms with Gasteiger partial charge in [0.25, 0.3) is 10.1 Å². The summed E-state index contributed by atoms with van der Waals surface area (Å²) in [6, 6.07) is 0. The minimum atomic E-state index is -3.57. The van der Waals surface area contributed by atoms with Crippen LogP contribution in [-0.2, 0) is 18.5 Å². The van der Waals surface area contributed by atoms with Crippen LogP contribution in [0, 0.1) is 0 Å². The van der Waals surface area contributed by atoms with E-state index in [-0.39, 0.29) is 22.0 Å². The van der Waals surface area contributed by atoms with Crippen molar-refractivity contribution in [3.63, 3.8) is 0 Å². The van der Waals surface area contributed by atoms with Crippen molar-refractivity contribution in [3.05, 3.63) is 0 Å². The topological polar surface area (TPSA) is 60.4 Å². The van der Waals surface area contributed by atoms with E-state index in [1.807, 2.05) is 34.0 Å². The standard InChI is InChI=1S/C16H34O4S2/c1-7-9-11-12-15(17)14-21(6,16(3,4)5)20-22(18,19)13-10-8-2/h7-14H2,1-6H3. The Hall–Kier alpha value is -0.0700. The fourth-order valence-electron chi connectivity index (χ4n) is 1.88. The zero-order valence-corrected chi connectivity index (χ0v) is 16.7. The molecule has 134 valence electrons. The highest BCUT2D eigenvalue weighted by Crippen LogP contribution is 2.58. The highest BCUT2D eigenvalue weighted by atomic mass is 32.3. The van der Waals surface area contributed by atoms with Crippen LogP contribution >= 0.6 is 10.3 Å². The molecule has 0 aliphatic rings. The van der Waals surface area contributed by atoms with Gasteiger partial charge in [-0.1, -0.05) is 53.9 Å². The molecule has 0 spiro atoms. The molecule has 6 heteroatoms. The number of ketones is 1. The van der Waals surface area contributed by atoms with Crippen molar-refractivity contribution in [1.29, 1.82) is 0 Å². The van der Waals surface area contributed by atoms with Gasteiger partial charge in [-0.15, -0.1) is 10.3 Å². The molecule has 0 saturated heterocycles. The average Bonchev–Trinajstić information content (AvgIpc) is 2.34. The Morgan fingerprint density at radius 3 is 2.00 bits per heavy atom. The van der Waals surface area contributed by atoms with Crippen molar-refractivity contribution in [3.8, 4) is 0 Å². The van der Waals surface area contributed by atoms with Crippen molar-refractivity contribution < 1.29 is 16.8 Å². The Morgan fingerprint density at radius 1 is 1.00 bits per heavy atom. The molecule has 0 aromatic heterocycles. The van der Waals surface area contributed by atoms with Gasteiger partial charge in [0.1, 0.15) is 5.78 Å². The first kappa shape index (κ1) is 21.9. The first-order valence-corrected chi connectivity index (χ1v) is 11.9. The Morgan fingerprint density at radius 2 is 1.55 bits per heavy atom. The molecule has 4 nitrogen and oxygen atoms in total. The van der Waals surface area contributed by atoms with Gasteiger partial charge in [-0.05, 0) is 19.1 Å². The number of hydrogen-bond donors (Lipinski definition) is 0. The van der Waals surface area contributed by atoms with Crippen LogP contribution in [0.15, 0.2) is 0 Å². The average molecular weight is 355 g/mol. The molecule has 0 bridgehead atoms. The quantitative estimate of drug-likeness (QED) is 0.515. The lowest BCUT2D eigenvalue weighted by Crippen LogP contribution is -2.33. The van der Waals surface area contributed by atoms with Gasteiger partial charge in [0.05, 0.1) is 11.5 Å².